The highest BCUT2D eigenvalue weighted by Gasteiger charge is 2.18. The number of H-pyrrole nitrogens is 1. The summed E-state index contributed by atoms with van der Waals surface area (Å²) in [6.07, 6.45) is 0. The molecular formula is C17H17ClN4O2S2. The molecule has 0 saturated carbocycles. The van der Waals surface area contributed by atoms with Crippen LogP contribution >= 0.6 is 34.7 Å². The van der Waals surface area contributed by atoms with E-state index in [1.807, 2.05) is 24.4 Å². The van der Waals surface area contributed by atoms with Crippen molar-refractivity contribution < 1.29 is 9.53 Å². The maximum Gasteiger partial charge on any atom is 0.233 e. The van der Waals surface area contributed by atoms with Crippen LogP contribution in [0, 0.1) is 0 Å². The topological polar surface area (TPSA) is 79.9 Å². The minimum absolute atomic E-state index is 0.0601. The largest absolute Gasteiger partial charge is 0.496 e. The fraction of sp³-hybridized carbons (Fsp3) is 0.235. The summed E-state index contributed by atoms with van der Waals surface area (Å²) in [5, 5.41) is 12.7. The van der Waals surface area contributed by atoms with Gasteiger partial charge in [-0.05, 0) is 36.6 Å². The first-order valence-corrected chi connectivity index (χ1v) is 9.93. The molecule has 0 saturated heterocycles. The summed E-state index contributed by atoms with van der Waals surface area (Å²) in [4.78, 5) is 17.8. The SMILES string of the molecule is COc1ccc(Cl)cc1-c1nc(S[C@@H](C)C(=O)NCc2cccs2)n[nH]1. The average Bonchev–Trinajstić information content (AvgIpc) is 3.31. The number of halogens is 1. The number of methoxy groups -OCH3 is 1. The van der Waals surface area contributed by atoms with Gasteiger partial charge in [0.25, 0.3) is 0 Å². The molecule has 0 fully saturated rings. The van der Waals surface area contributed by atoms with Gasteiger partial charge in [0.05, 0.1) is 24.5 Å². The lowest BCUT2D eigenvalue weighted by molar-refractivity contribution is -0.120. The highest BCUT2D eigenvalue weighted by atomic mass is 35.5. The van der Waals surface area contributed by atoms with Crippen molar-refractivity contribution in [3.05, 3.63) is 45.6 Å². The standard InChI is InChI=1S/C17H17ClN4O2S2/c1-10(16(23)19-9-12-4-3-7-25-12)26-17-20-15(21-22-17)13-8-11(18)5-6-14(13)24-2/h3-8,10H,9H2,1-2H3,(H,19,23)(H,20,21,22)/t10-/m0/s1. The number of carbonyl (C=O) groups is 1. The van der Waals surface area contributed by atoms with Crippen LogP contribution in [0.2, 0.25) is 5.02 Å². The fourth-order valence-electron chi connectivity index (χ4n) is 2.23. The molecule has 1 aromatic carbocycles. The van der Waals surface area contributed by atoms with Crippen LogP contribution in [0.25, 0.3) is 11.4 Å². The summed E-state index contributed by atoms with van der Waals surface area (Å²) >= 11 is 8.96. The predicted octanol–water partition coefficient (Wildman–Crippen LogP) is 3.99. The Bertz CT molecular complexity index is 883. The second kappa shape index (κ2) is 8.57. The van der Waals surface area contributed by atoms with E-state index in [-0.39, 0.29) is 11.2 Å². The maximum atomic E-state index is 12.2. The number of aromatic nitrogens is 3. The zero-order chi connectivity index (χ0) is 18.5. The maximum absolute atomic E-state index is 12.2. The second-order valence-corrected chi connectivity index (χ2v) is 8.15. The van der Waals surface area contributed by atoms with Gasteiger partial charge >= 0.3 is 0 Å². The molecule has 136 valence electrons. The van der Waals surface area contributed by atoms with Crippen LogP contribution in [0.1, 0.15) is 11.8 Å². The van der Waals surface area contributed by atoms with E-state index in [0.717, 1.165) is 4.88 Å². The molecule has 26 heavy (non-hydrogen) atoms. The molecule has 2 N–H and O–H groups in total. The summed E-state index contributed by atoms with van der Waals surface area (Å²) in [5.74, 6) is 1.12. The van der Waals surface area contributed by atoms with E-state index in [2.05, 4.69) is 20.5 Å². The van der Waals surface area contributed by atoms with Crippen molar-refractivity contribution in [2.75, 3.05) is 7.11 Å². The average molecular weight is 409 g/mol. The molecule has 3 rings (SSSR count). The first-order chi connectivity index (χ1) is 12.6. The van der Waals surface area contributed by atoms with Crippen LogP contribution in [0.4, 0.5) is 0 Å². The van der Waals surface area contributed by atoms with Crippen LogP contribution in [-0.2, 0) is 11.3 Å². The Hall–Kier alpha value is -2.03. The lowest BCUT2D eigenvalue weighted by Crippen LogP contribution is -2.30. The van der Waals surface area contributed by atoms with Gasteiger partial charge in [0.2, 0.25) is 11.1 Å². The van der Waals surface area contributed by atoms with Crippen LogP contribution < -0.4 is 10.1 Å². The van der Waals surface area contributed by atoms with E-state index in [0.29, 0.717) is 33.9 Å². The normalized spacial score (nSPS) is 12.0. The van der Waals surface area contributed by atoms with Gasteiger partial charge in [-0.3, -0.25) is 9.89 Å². The van der Waals surface area contributed by atoms with Gasteiger partial charge in [-0.25, -0.2) is 4.98 Å². The second-order valence-electron chi connectivity index (χ2n) is 5.37. The Morgan fingerprint density at radius 2 is 2.31 bits per heavy atom. The number of hydrogen-bond acceptors (Lipinski definition) is 6. The van der Waals surface area contributed by atoms with E-state index in [1.54, 1.807) is 36.6 Å². The van der Waals surface area contributed by atoms with Crippen molar-refractivity contribution in [1.29, 1.82) is 0 Å². The van der Waals surface area contributed by atoms with Crippen molar-refractivity contribution in [3.63, 3.8) is 0 Å². The quantitative estimate of drug-likeness (QED) is 0.578. The van der Waals surface area contributed by atoms with E-state index in [9.17, 15) is 4.79 Å². The minimum atomic E-state index is -0.320. The van der Waals surface area contributed by atoms with Crippen LogP contribution in [0.5, 0.6) is 5.75 Å². The third-order valence-electron chi connectivity index (χ3n) is 3.55. The van der Waals surface area contributed by atoms with Gasteiger partial charge in [0.1, 0.15) is 5.75 Å². The van der Waals surface area contributed by atoms with E-state index >= 15 is 0 Å². The van der Waals surface area contributed by atoms with Crippen LogP contribution in [-0.4, -0.2) is 33.4 Å². The van der Waals surface area contributed by atoms with Crippen LogP contribution in [0.15, 0.2) is 40.9 Å². The third-order valence-corrected chi connectivity index (χ3v) is 5.62. The van der Waals surface area contributed by atoms with Crippen molar-refractivity contribution in [2.24, 2.45) is 0 Å². The molecule has 0 aliphatic rings. The number of thiophene rings is 1. The van der Waals surface area contributed by atoms with E-state index in [4.69, 9.17) is 16.3 Å². The molecule has 3 aromatic rings. The van der Waals surface area contributed by atoms with Crippen molar-refractivity contribution in [1.82, 2.24) is 20.5 Å². The Morgan fingerprint density at radius 3 is 3.04 bits per heavy atom. The number of thioether (sulfide) groups is 1. The smallest absolute Gasteiger partial charge is 0.233 e. The number of hydrogen-bond donors (Lipinski definition) is 2. The van der Waals surface area contributed by atoms with Gasteiger partial charge in [-0.1, -0.05) is 29.4 Å². The molecule has 9 heteroatoms. The van der Waals surface area contributed by atoms with Gasteiger partial charge < -0.3 is 10.1 Å². The molecule has 1 atom stereocenters. The molecule has 2 aromatic heterocycles. The Morgan fingerprint density at radius 1 is 1.46 bits per heavy atom. The number of nitrogens with one attached hydrogen (secondary N) is 2. The zero-order valence-corrected chi connectivity index (χ0v) is 16.5. The molecule has 0 radical (unpaired) electrons. The number of carbonyl (C=O) groups excluding carboxylic acids is 1. The molecule has 1 amide bonds. The van der Waals surface area contributed by atoms with Crippen molar-refractivity contribution in [3.8, 4) is 17.1 Å². The number of aromatic amines is 1. The fourth-order valence-corrected chi connectivity index (χ4v) is 3.79. The van der Waals surface area contributed by atoms with Gasteiger partial charge in [-0.2, -0.15) is 0 Å². The number of amides is 1. The monoisotopic (exact) mass is 408 g/mol. The highest BCUT2D eigenvalue weighted by molar-refractivity contribution is 8.00. The Balaban J connectivity index is 1.64. The molecule has 2 heterocycles. The molecule has 0 unspecified atom stereocenters. The molecule has 6 nitrogen and oxygen atoms in total. The first-order valence-electron chi connectivity index (χ1n) is 7.80. The molecule has 0 bridgehead atoms. The zero-order valence-electron chi connectivity index (χ0n) is 14.2. The summed E-state index contributed by atoms with van der Waals surface area (Å²) in [6.45, 7) is 2.35. The molecule has 0 aliphatic carbocycles. The molecule has 0 aliphatic heterocycles. The Labute approximate surface area is 164 Å². The summed E-state index contributed by atoms with van der Waals surface area (Å²) in [6, 6.07) is 9.22. The first kappa shape index (κ1) is 18.8. The summed E-state index contributed by atoms with van der Waals surface area (Å²) in [5.41, 5.74) is 0.717. The van der Waals surface area contributed by atoms with Crippen molar-refractivity contribution >= 4 is 40.6 Å². The van der Waals surface area contributed by atoms with E-state index < -0.39 is 0 Å². The van der Waals surface area contributed by atoms with Gasteiger partial charge in [0, 0.05) is 9.90 Å². The summed E-state index contributed by atoms with van der Waals surface area (Å²) < 4.78 is 5.33. The van der Waals surface area contributed by atoms with E-state index in [1.165, 1.54) is 11.8 Å². The predicted molar refractivity (Wildman–Crippen MR) is 105 cm³/mol. The lowest BCUT2D eigenvalue weighted by atomic mass is 10.2. The lowest BCUT2D eigenvalue weighted by Gasteiger charge is -2.09. The highest BCUT2D eigenvalue weighted by Crippen LogP contribution is 2.31. The molecular weight excluding hydrogens is 392 g/mol. The van der Waals surface area contributed by atoms with Gasteiger partial charge in [0.15, 0.2) is 5.82 Å². The van der Waals surface area contributed by atoms with Crippen molar-refractivity contribution in [2.45, 2.75) is 23.9 Å². The minimum Gasteiger partial charge on any atom is -0.496 e. The third kappa shape index (κ3) is 4.57. The Kier molecular flexibility index (Phi) is 6.18. The van der Waals surface area contributed by atoms with Gasteiger partial charge in [-0.15, -0.1) is 16.4 Å². The molecule has 0 spiro atoms. The number of benzene rings is 1. The van der Waals surface area contributed by atoms with Crippen LogP contribution in [0.3, 0.4) is 0 Å². The number of ether oxygens (including phenoxy) is 1. The summed E-state index contributed by atoms with van der Waals surface area (Å²) in [7, 11) is 1.58. The number of nitrogens with zero attached hydrogens (tertiary/aromatic N) is 2. The number of rotatable bonds is 7.